The Hall–Kier alpha value is -4.04. The molecular formula is C24H22FN5O6S2. The van der Waals surface area contributed by atoms with Crippen molar-refractivity contribution >= 4 is 57.0 Å². The molecule has 3 heterocycles. The van der Waals surface area contributed by atoms with Gasteiger partial charge in [-0.25, -0.2) is 23.6 Å². The fourth-order valence-corrected chi connectivity index (χ4v) is 5.24. The normalized spacial score (nSPS) is 10.9. The largest absolute Gasteiger partial charge is 0.462 e. The van der Waals surface area contributed by atoms with Crippen molar-refractivity contribution in [3.8, 4) is 5.69 Å². The van der Waals surface area contributed by atoms with Gasteiger partial charge in [0.2, 0.25) is 5.91 Å². The molecule has 0 radical (unpaired) electrons. The zero-order valence-electron chi connectivity index (χ0n) is 20.5. The number of hydrogen-bond donors (Lipinski definition) is 2. The molecule has 1 amide bonds. The lowest BCUT2D eigenvalue weighted by molar-refractivity contribution is -0.113. The summed E-state index contributed by atoms with van der Waals surface area (Å²) in [4.78, 5) is 57.4. The van der Waals surface area contributed by atoms with Gasteiger partial charge in [0.15, 0.2) is 10.8 Å². The number of hydrogen-bond acceptors (Lipinski definition) is 10. The first-order chi connectivity index (χ1) is 18.2. The Morgan fingerprint density at radius 1 is 1.13 bits per heavy atom. The van der Waals surface area contributed by atoms with E-state index < -0.39 is 29.2 Å². The van der Waals surface area contributed by atoms with Gasteiger partial charge in [0.1, 0.15) is 21.1 Å². The first-order valence-corrected chi connectivity index (χ1v) is 13.2. The topological polar surface area (TPSA) is 145 Å². The van der Waals surface area contributed by atoms with Crippen molar-refractivity contribution in [1.29, 1.82) is 0 Å². The standard InChI is InChI=1S/C24H22FN5O6S2/c1-4-35-22(33)17-12(3)18(23(34)36-5-2)38-21(17)27-16(31)11-37-24-28-19-15(20(32)29-24)10-26-30(19)14-8-6-13(25)7-9-14/h6-10H,4-5,11H2,1-3H3,(H,27,31)(H,28,29,32). The third kappa shape index (κ3) is 5.60. The number of benzene rings is 1. The summed E-state index contributed by atoms with van der Waals surface area (Å²) in [7, 11) is 0. The van der Waals surface area contributed by atoms with Gasteiger partial charge in [-0.2, -0.15) is 5.10 Å². The number of esters is 2. The number of anilines is 1. The van der Waals surface area contributed by atoms with Crippen molar-refractivity contribution in [2.45, 2.75) is 25.9 Å². The van der Waals surface area contributed by atoms with Gasteiger partial charge < -0.3 is 19.8 Å². The summed E-state index contributed by atoms with van der Waals surface area (Å²) in [6, 6.07) is 5.53. The molecule has 38 heavy (non-hydrogen) atoms. The van der Waals surface area contributed by atoms with Crippen molar-refractivity contribution in [2.75, 3.05) is 24.3 Å². The number of rotatable bonds is 9. The smallest absolute Gasteiger partial charge is 0.348 e. The lowest BCUT2D eigenvalue weighted by atomic mass is 10.1. The van der Waals surface area contributed by atoms with Crippen molar-refractivity contribution in [1.82, 2.24) is 19.7 Å². The van der Waals surface area contributed by atoms with Crippen LogP contribution in [-0.2, 0) is 14.3 Å². The Balaban J connectivity index is 1.55. The van der Waals surface area contributed by atoms with Gasteiger partial charge in [-0.1, -0.05) is 11.8 Å². The molecule has 11 nitrogen and oxygen atoms in total. The van der Waals surface area contributed by atoms with Crippen LogP contribution in [0.15, 0.2) is 40.4 Å². The van der Waals surface area contributed by atoms with Crippen LogP contribution in [0.3, 0.4) is 0 Å². The van der Waals surface area contributed by atoms with Crippen molar-refractivity contribution < 1.29 is 28.2 Å². The van der Waals surface area contributed by atoms with E-state index in [0.29, 0.717) is 11.3 Å². The highest BCUT2D eigenvalue weighted by Gasteiger charge is 2.27. The molecule has 2 N–H and O–H groups in total. The Labute approximate surface area is 223 Å². The van der Waals surface area contributed by atoms with Crippen LogP contribution in [0, 0.1) is 12.7 Å². The number of nitrogens with zero attached hydrogens (tertiary/aromatic N) is 3. The third-order valence-corrected chi connectivity index (χ3v) is 7.23. The van der Waals surface area contributed by atoms with Crippen molar-refractivity contribution in [2.24, 2.45) is 0 Å². The molecule has 0 spiro atoms. The lowest BCUT2D eigenvalue weighted by Gasteiger charge is -2.07. The highest BCUT2D eigenvalue weighted by atomic mass is 32.2. The molecule has 198 valence electrons. The monoisotopic (exact) mass is 559 g/mol. The van der Waals surface area contributed by atoms with Crippen molar-refractivity contribution in [3.63, 3.8) is 0 Å². The number of halogens is 1. The Bertz CT molecular complexity index is 1580. The van der Waals surface area contributed by atoms with Crippen molar-refractivity contribution in [3.05, 3.63) is 62.6 Å². The molecule has 0 unspecified atom stereocenters. The molecule has 4 rings (SSSR count). The summed E-state index contributed by atoms with van der Waals surface area (Å²) in [6.45, 7) is 5.15. The van der Waals surface area contributed by atoms with Crippen LogP contribution in [0.2, 0.25) is 0 Å². The number of amides is 1. The van der Waals surface area contributed by atoms with Gasteiger partial charge in [-0.05, 0) is 50.6 Å². The number of aromatic nitrogens is 4. The van der Waals surface area contributed by atoms with E-state index in [-0.39, 0.29) is 50.6 Å². The maximum atomic E-state index is 13.3. The van der Waals surface area contributed by atoms with E-state index in [1.54, 1.807) is 20.8 Å². The maximum absolute atomic E-state index is 13.3. The first-order valence-electron chi connectivity index (χ1n) is 11.4. The van der Waals surface area contributed by atoms with E-state index >= 15 is 0 Å². The fourth-order valence-electron chi connectivity index (χ4n) is 3.48. The molecule has 0 saturated heterocycles. The zero-order chi connectivity index (χ0) is 27.4. The summed E-state index contributed by atoms with van der Waals surface area (Å²) in [5.74, 6) is -2.38. The number of nitrogens with one attached hydrogen (secondary N) is 2. The fraction of sp³-hybridized carbons (Fsp3) is 0.250. The molecule has 0 aliphatic heterocycles. The van der Waals surface area contributed by atoms with Crippen LogP contribution in [0.5, 0.6) is 0 Å². The average molecular weight is 560 g/mol. The number of thioether (sulfide) groups is 1. The summed E-state index contributed by atoms with van der Waals surface area (Å²) >= 11 is 1.87. The summed E-state index contributed by atoms with van der Waals surface area (Å²) in [5.41, 5.74) is 0.713. The third-order valence-electron chi connectivity index (χ3n) is 5.17. The molecule has 0 fully saturated rings. The minimum absolute atomic E-state index is 0.0782. The molecule has 1 aromatic carbocycles. The maximum Gasteiger partial charge on any atom is 0.348 e. The Kier molecular flexibility index (Phi) is 8.22. The van der Waals surface area contributed by atoms with Crippen LogP contribution in [0.25, 0.3) is 16.7 Å². The number of carbonyl (C=O) groups is 3. The number of aromatic amines is 1. The van der Waals surface area contributed by atoms with Crippen LogP contribution in [0.4, 0.5) is 9.39 Å². The van der Waals surface area contributed by atoms with Crippen LogP contribution in [-0.4, -0.2) is 56.6 Å². The number of H-pyrrole nitrogens is 1. The average Bonchev–Trinajstić information content (AvgIpc) is 3.45. The van der Waals surface area contributed by atoms with E-state index in [1.165, 1.54) is 35.1 Å². The predicted molar refractivity (Wildman–Crippen MR) is 140 cm³/mol. The van der Waals surface area contributed by atoms with Gasteiger partial charge in [0.05, 0.1) is 36.4 Å². The molecule has 0 aliphatic rings. The molecule has 0 saturated carbocycles. The first kappa shape index (κ1) is 27.0. The highest BCUT2D eigenvalue weighted by molar-refractivity contribution is 7.99. The number of thiophene rings is 1. The zero-order valence-corrected chi connectivity index (χ0v) is 22.1. The Morgan fingerprint density at radius 3 is 2.50 bits per heavy atom. The quantitative estimate of drug-likeness (QED) is 0.178. The van der Waals surface area contributed by atoms with E-state index in [1.807, 2.05) is 0 Å². The summed E-state index contributed by atoms with van der Waals surface area (Å²) in [5, 5.41) is 7.35. The number of carbonyl (C=O) groups excluding carboxylic acids is 3. The minimum Gasteiger partial charge on any atom is -0.462 e. The van der Waals surface area contributed by atoms with Gasteiger partial charge in [-0.15, -0.1) is 11.3 Å². The van der Waals surface area contributed by atoms with Crippen LogP contribution < -0.4 is 10.9 Å². The van der Waals surface area contributed by atoms with E-state index in [0.717, 1.165) is 23.1 Å². The van der Waals surface area contributed by atoms with Crippen LogP contribution >= 0.6 is 23.1 Å². The van der Waals surface area contributed by atoms with Gasteiger partial charge in [-0.3, -0.25) is 9.59 Å². The van der Waals surface area contributed by atoms with Crippen LogP contribution in [0.1, 0.15) is 39.4 Å². The molecule has 14 heteroatoms. The highest BCUT2D eigenvalue weighted by Crippen LogP contribution is 2.34. The molecule has 0 bridgehead atoms. The second kappa shape index (κ2) is 11.6. The van der Waals surface area contributed by atoms with Gasteiger partial charge >= 0.3 is 11.9 Å². The molecule has 0 atom stereocenters. The second-order valence-corrected chi connectivity index (χ2v) is 9.66. The predicted octanol–water partition coefficient (Wildman–Crippen LogP) is 3.70. The number of ether oxygens (including phenoxy) is 2. The molecule has 3 aromatic heterocycles. The molecule has 0 aliphatic carbocycles. The SMILES string of the molecule is CCOC(=O)c1sc(NC(=O)CSc2nc3c(cnn3-c3ccc(F)cc3)c(=O)[nH]2)c(C(=O)OCC)c1C. The molecule has 4 aromatic rings. The second-order valence-electron chi connectivity index (χ2n) is 7.68. The number of fused-ring (bicyclic) bond motifs is 1. The Morgan fingerprint density at radius 2 is 1.82 bits per heavy atom. The van der Waals surface area contributed by atoms with E-state index in [2.05, 4.69) is 20.4 Å². The molecular weight excluding hydrogens is 537 g/mol. The summed E-state index contributed by atoms with van der Waals surface area (Å²) in [6.07, 6.45) is 1.35. The lowest BCUT2D eigenvalue weighted by Crippen LogP contribution is -2.17. The minimum atomic E-state index is -0.676. The van der Waals surface area contributed by atoms with E-state index in [4.69, 9.17) is 9.47 Å². The summed E-state index contributed by atoms with van der Waals surface area (Å²) < 4.78 is 24.9. The van der Waals surface area contributed by atoms with Gasteiger partial charge in [0, 0.05) is 0 Å². The van der Waals surface area contributed by atoms with E-state index in [9.17, 15) is 23.6 Å². The van der Waals surface area contributed by atoms with Gasteiger partial charge in [0.25, 0.3) is 5.56 Å².